The SMILES string of the molecule is c1ccc(-c2nc3ccccc3n3nc(-c4cccc(-n5c6ccccc6c6cc(-c7ccc8c(c7)c7cc9ccccc9cc7n8-c7ccccc7)ccc65)c4)nc23)cc1. The van der Waals surface area contributed by atoms with Gasteiger partial charge in [-0.25, -0.2) is 14.5 Å². The Labute approximate surface area is 349 Å². The van der Waals surface area contributed by atoms with Crippen molar-refractivity contribution in [1.82, 2.24) is 28.7 Å². The standard InChI is InChI=1S/C55H34N6/c1-3-14-35(15-4-1)53-55-57-54(58-61(55)51-25-12-10-23-47(51)56-53)40-18-13-21-42(30-40)60-48-24-11-9-22-43(48)44-32-38(26-28-49(44)60)39-27-29-50-45(33-39)46-31-36-16-7-8-17-37(36)34-52(46)59(50)41-19-5-2-6-20-41/h1-34H. The fourth-order valence-electron chi connectivity index (χ4n) is 9.41. The number of hydrogen-bond acceptors (Lipinski definition) is 3. The van der Waals surface area contributed by atoms with Crippen LogP contribution < -0.4 is 0 Å². The lowest BCUT2D eigenvalue weighted by molar-refractivity contribution is 1.00. The molecule has 0 aliphatic rings. The molecule has 13 aromatic rings. The van der Waals surface area contributed by atoms with Crippen LogP contribution in [-0.2, 0) is 0 Å². The lowest BCUT2D eigenvalue weighted by Crippen LogP contribution is -1.97. The maximum Gasteiger partial charge on any atom is 0.182 e. The van der Waals surface area contributed by atoms with Gasteiger partial charge in [0, 0.05) is 44.0 Å². The first-order valence-electron chi connectivity index (χ1n) is 20.6. The molecule has 0 N–H and O–H groups in total. The van der Waals surface area contributed by atoms with E-state index in [4.69, 9.17) is 15.1 Å². The third kappa shape index (κ3) is 5.19. The van der Waals surface area contributed by atoms with Crippen LogP contribution in [0.1, 0.15) is 0 Å². The van der Waals surface area contributed by atoms with Crippen LogP contribution in [0.15, 0.2) is 206 Å². The number of aromatic nitrogens is 6. The minimum absolute atomic E-state index is 0.650. The molecule has 0 saturated carbocycles. The van der Waals surface area contributed by atoms with Gasteiger partial charge in [0.1, 0.15) is 5.69 Å². The number of rotatable bonds is 5. The first kappa shape index (κ1) is 33.6. The van der Waals surface area contributed by atoms with Gasteiger partial charge in [-0.15, -0.1) is 5.10 Å². The van der Waals surface area contributed by atoms with Crippen molar-refractivity contribution in [3.8, 4) is 45.1 Å². The minimum atomic E-state index is 0.650. The fourth-order valence-corrected chi connectivity index (χ4v) is 9.41. The molecule has 61 heavy (non-hydrogen) atoms. The van der Waals surface area contributed by atoms with Crippen molar-refractivity contribution in [2.75, 3.05) is 0 Å². The molecular formula is C55H34N6. The summed E-state index contributed by atoms with van der Waals surface area (Å²) in [6.07, 6.45) is 0. The molecule has 0 unspecified atom stereocenters. The van der Waals surface area contributed by atoms with Gasteiger partial charge in [0.2, 0.25) is 0 Å². The van der Waals surface area contributed by atoms with E-state index < -0.39 is 0 Å². The van der Waals surface area contributed by atoms with Gasteiger partial charge in [-0.1, -0.05) is 127 Å². The molecule has 0 amide bonds. The summed E-state index contributed by atoms with van der Waals surface area (Å²) in [4.78, 5) is 10.2. The van der Waals surface area contributed by atoms with Crippen LogP contribution >= 0.6 is 0 Å². The van der Waals surface area contributed by atoms with Crippen molar-refractivity contribution in [2.24, 2.45) is 0 Å². The summed E-state index contributed by atoms with van der Waals surface area (Å²) in [5.41, 5.74) is 14.5. The van der Waals surface area contributed by atoms with Gasteiger partial charge in [-0.2, -0.15) is 0 Å². The molecule has 284 valence electrons. The molecule has 0 aliphatic carbocycles. The molecule has 0 spiro atoms. The highest BCUT2D eigenvalue weighted by atomic mass is 15.3. The van der Waals surface area contributed by atoms with Gasteiger partial charge in [-0.3, -0.25) is 0 Å². The Hall–Kier alpha value is -8.35. The van der Waals surface area contributed by atoms with Crippen molar-refractivity contribution in [1.29, 1.82) is 0 Å². The Balaban J connectivity index is 0.959. The van der Waals surface area contributed by atoms with Crippen molar-refractivity contribution in [3.63, 3.8) is 0 Å². The molecular weight excluding hydrogens is 745 g/mol. The number of para-hydroxylation sites is 4. The van der Waals surface area contributed by atoms with Gasteiger partial charge >= 0.3 is 0 Å². The minimum Gasteiger partial charge on any atom is -0.309 e. The number of benzene rings is 9. The molecule has 13 rings (SSSR count). The van der Waals surface area contributed by atoms with Crippen LogP contribution in [0.5, 0.6) is 0 Å². The number of nitrogens with zero attached hydrogens (tertiary/aromatic N) is 6. The van der Waals surface area contributed by atoms with E-state index in [9.17, 15) is 0 Å². The quantitative estimate of drug-likeness (QED) is 0.175. The molecule has 0 aliphatic heterocycles. The molecule has 9 aromatic carbocycles. The zero-order valence-electron chi connectivity index (χ0n) is 32.8. The van der Waals surface area contributed by atoms with Gasteiger partial charge in [0.25, 0.3) is 0 Å². The van der Waals surface area contributed by atoms with Gasteiger partial charge in [-0.05, 0) is 101 Å². The Morgan fingerprint density at radius 2 is 0.902 bits per heavy atom. The van der Waals surface area contributed by atoms with Crippen LogP contribution in [0.2, 0.25) is 0 Å². The second-order valence-corrected chi connectivity index (χ2v) is 15.7. The smallest absolute Gasteiger partial charge is 0.182 e. The molecule has 6 nitrogen and oxygen atoms in total. The number of fused-ring (bicyclic) bond motifs is 10. The second kappa shape index (κ2) is 13.1. The summed E-state index contributed by atoms with van der Waals surface area (Å²) >= 11 is 0. The Bertz CT molecular complexity index is 3880. The highest BCUT2D eigenvalue weighted by molar-refractivity contribution is 6.15. The van der Waals surface area contributed by atoms with E-state index in [0.717, 1.165) is 55.9 Å². The molecule has 0 fully saturated rings. The topological polar surface area (TPSA) is 52.9 Å². The fraction of sp³-hybridized carbons (Fsp3) is 0. The molecule has 6 heteroatoms. The Kier molecular flexibility index (Phi) is 7.21. The third-order valence-corrected chi connectivity index (χ3v) is 12.2. The van der Waals surface area contributed by atoms with Crippen LogP contribution in [-0.4, -0.2) is 28.7 Å². The maximum atomic E-state index is 5.15. The molecule has 0 saturated heterocycles. The summed E-state index contributed by atoms with van der Waals surface area (Å²) < 4.78 is 6.70. The van der Waals surface area contributed by atoms with E-state index in [-0.39, 0.29) is 0 Å². The van der Waals surface area contributed by atoms with E-state index in [0.29, 0.717) is 5.82 Å². The summed E-state index contributed by atoms with van der Waals surface area (Å²) in [5, 5.41) is 12.5. The van der Waals surface area contributed by atoms with E-state index in [2.05, 4.69) is 173 Å². The summed E-state index contributed by atoms with van der Waals surface area (Å²) in [7, 11) is 0. The zero-order chi connectivity index (χ0) is 40.0. The second-order valence-electron chi connectivity index (χ2n) is 15.7. The van der Waals surface area contributed by atoms with Crippen LogP contribution in [0.3, 0.4) is 0 Å². The van der Waals surface area contributed by atoms with Crippen LogP contribution in [0, 0.1) is 0 Å². The van der Waals surface area contributed by atoms with Crippen molar-refractivity contribution in [2.45, 2.75) is 0 Å². The average Bonchev–Trinajstić information content (AvgIpc) is 4.02. The predicted octanol–water partition coefficient (Wildman–Crippen LogP) is 13.6. The summed E-state index contributed by atoms with van der Waals surface area (Å²) in [6.45, 7) is 0. The van der Waals surface area contributed by atoms with Crippen LogP contribution in [0.25, 0.3) is 116 Å². The summed E-state index contributed by atoms with van der Waals surface area (Å²) in [5.74, 6) is 0.650. The van der Waals surface area contributed by atoms with Crippen molar-refractivity contribution in [3.05, 3.63) is 206 Å². The molecule has 0 atom stereocenters. The van der Waals surface area contributed by atoms with Crippen molar-refractivity contribution >= 4 is 71.1 Å². The van der Waals surface area contributed by atoms with Crippen molar-refractivity contribution < 1.29 is 0 Å². The first-order chi connectivity index (χ1) is 30.2. The maximum absolute atomic E-state index is 5.15. The highest BCUT2D eigenvalue weighted by Gasteiger charge is 2.19. The lowest BCUT2D eigenvalue weighted by atomic mass is 10.00. The van der Waals surface area contributed by atoms with E-state index in [1.807, 2.05) is 47.0 Å². The van der Waals surface area contributed by atoms with Gasteiger partial charge in [0.05, 0.1) is 33.1 Å². The predicted molar refractivity (Wildman–Crippen MR) is 251 cm³/mol. The van der Waals surface area contributed by atoms with E-state index >= 15 is 0 Å². The monoisotopic (exact) mass is 778 g/mol. The molecule has 0 bridgehead atoms. The molecule has 4 heterocycles. The van der Waals surface area contributed by atoms with Gasteiger partial charge in [0.15, 0.2) is 11.5 Å². The lowest BCUT2D eigenvalue weighted by Gasteiger charge is -2.10. The Morgan fingerprint density at radius 3 is 1.69 bits per heavy atom. The average molecular weight is 779 g/mol. The summed E-state index contributed by atoms with van der Waals surface area (Å²) in [6, 6.07) is 73.4. The zero-order valence-corrected chi connectivity index (χ0v) is 32.8. The highest BCUT2D eigenvalue weighted by Crippen LogP contribution is 2.40. The number of hydrogen-bond donors (Lipinski definition) is 0. The van der Waals surface area contributed by atoms with Crippen LogP contribution in [0.4, 0.5) is 0 Å². The largest absolute Gasteiger partial charge is 0.309 e. The Morgan fingerprint density at radius 1 is 0.328 bits per heavy atom. The van der Waals surface area contributed by atoms with Gasteiger partial charge < -0.3 is 9.13 Å². The molecule has 4 aromatic heterocycles. The third-order valence-electron chi connectivity index (χ3n) is 12.2. The van der Waals surface area contributed by atoms with E-state index in [1.165, 1.54) is 54.5 Å². The van der Waals surface area contributed by atoms with E-state index in [1.54, 1.807) is 0 Å². The first-order valence-corrected chi connectivity index (χ1v) is 20.6. The molecule has 0 radical (unpaired) electrons. The normalized spacial score (nSPS) is 11.9.